The molecule has 1 aromatic carbocycles. The van der Waals surface area contributed by atoms with Gasteiger partial charge in [0.05, 0.1) is 19.9 Å². The Morgan fingerprint density at radius 3 is 2.57 bits per heavy atom. The first-order valence-electron chi connectivity index (χ1n) is 7.22. The van der Waals surface area contributed by atoms with Crippen molar-refractivity contribution in [2.24, 2.45) is 10.2 Å². The molecule has 0 N–H and O–H groups in total. The molecular formula is C17H18N4O2. The number of nitrogens with zero attached hydrogens (tertiary/aromatic N) is 4. The lowest BCUT2D eigenvalue weighted by Gasteiger charge is -2.06. The summed E-state index contributed by atoms with van der Waals surface area (Å²) in [4.78, 5) is 4.51. The van der Waals surface area contributed by atoms with E-state index in [1.807, 2.05) is 48.6 Å². The van der Waals surface area contributed by atoms with E-state index in [-0.39, 0.29) is 0 Å². The standard InChI is InChI=1S/C17H18N4O2/c1-11-6-5-7-16-18-12(2)17(21(11)16)20-19-14-9-8-13(22-3)10-15(14)23-4/h5-10H,1-4H3. The van der Waals surface area contributed by atoms with E-state index in [9.17, 15) is 0 Å². The number of aryl methyl sites for hydroxylation is 2. The van der Waals surface area contributed by atoms with Crippen molar-refractivity contribution in [3.8, 4) is 11.5 Å². The molecule has 3 aromatic rings. The number of ether oxygens (including phenoxy) is 2. The van der Waals surface area contributed by atoms with Crippen molar-refractivity contribution < 1.29 is 9.47 Å². The number of pyridine rings is 1. The second kappa shape index (κ2) is 6.08. The first kappa shape index (κ1) is 15.0. The SMILES string of the molecule is COc1ccc(N=Nc2c(C)nc3cccc(C)n23)c(OC)c1. The fraction of sp³-hybridized carbons (Fsp3) is 0.235. The summed E-state index contributed by atoms with van der Waals surface area (Å²) >= 11 is 0. The average Bonchev–Trinajstić information content (AvgIpc) is 2.89. The lowest BCUT2D eigenvalue weighted by molar-refractivity contribution is 0.395. The van der Waals surface area contributed by atoms with Crippen LogP contribution in [0, 0.1) is 13.8 Å². The van der Waals surface area contributed by atoms with E-state index in [0.717, 1.165) is 22.9 Å². The van der Waals surface area contributed by atoms with Crippen LogP contribution >= 0.6 is 0 Å². The van der Waals surface area contributed by atoms with Gasteiger partial charge >= 0.3 is 0 Å². The molecule has 0 saturated carbocycles. The summed E-state index contributed by atoms with van der Waals surface area (Å²) in [6.45, 7) is 3.94. The summed E-state index contributed by atoms with van der Waals surface area (Å²) < 4.78 is 12.5. The van der Waals surface area contributed by atoms with Crippen molar-refractivity contribution >= 4 is 17.2 Å². The van der Waals surface area contributed by atoms with Crippen LogP contribution in [0.2, 0.25) is 0 Å². The summed E-state index contributed by atoms with van der Waals surface area (Å²) in [6.07, 6.45) is 0. The molecule has 23 heavy (non-hydrogen) atoms. The van der Waals surface area contributed by atoms with Gasteiger partial charge in [-0.15, -0.1) is 10.2 Å². The minimum atomic E-state index is 0.608. The lowest BCUT2D eigenvalue weighted by atomic mass is 10.3. The summed E-state index contributed by atoms with van der Waals surface area (Å²) in [5.41, 5.74) is 3.38. The van der Waals surface area contributed by atoms with Crippen LogP contribution in [0.5, 0.6) is 11.5 Å². The van der Waals surface area contributed by atoms with Gasteiger partial charge < -0.3 is 9.47 Å². The Balaban J connectivity index is 2.06. The molecule has 0 radical (unpaired) electrons. The predicted molar refractivity (Wildman–Crippen MR) is 88.4 cm³/mol. The minimum absolute atomic E-state index is 0.608. The van der Waals surface area contributed by atoms with Crippen molar-refractivity contribution in [3.05, 3.63) is 47.8 Å². The van der Waals surface area contributed by atoms with Crippen molar-refractivity contribution in [2.75, 3.05) is 14.2 Å². The van der Waals surface area contributed by atoms with E-state index in [1.165, 1.54) is 0 Å². The highest BCUT2D eigenvalue weighted by molar-refractivity contribution is 5.56. The van der Waals surface area contributed by atoms with Gasteiger partial charge in [0, 0.05) is 11.8 Å². The molecule has 0 unspecified atom stereocenters. The second-order valence-electron chi connectivity index (χ2n) is 5.12. The Hall–Kier alpha value is -2.89. The van der Waals surface area contributed by atoms with Crippen molar-refractivity contribution in [1.82, 2.24) is 9.38 Å². The Morgan fingerprint density at radius 2 is 1.83 bits per heavy atom. The Labute approximate surface area is 134 Å². The molecule has 0 amide bonds. The molecule has 0 spiro atoms. The first-order valence-corrected chi connectivity index (χ1v) is 7.22. The number of benzene rings is 1. The lowest BCUT2D eigenvalue weighted by Crippen LogP contribution is -1.89. The van der Waals surface area contributed by atoms with Gasteiger partial charge in [0.15, 0.2) is 5.82 Å². The minimum Gasteiger partial charge on any atom is -0.497 e. The largest absolute Gasteiger partial charge is 0.497 e. The van der Waals surface area contributed by atoms with Crippen molar-refractivity contribution in [3.63, 3.8) is 0 Å². The van der Waals surface area contributed by atoms with Crippen LogP contribution in [0.4, 0.5) is 11.5 Å². The van der Waals surface area contributed by atoms with Gasteiger partial charge in [-0.1, -0.05) is 6.07 Å². The molecule has 3 rings (SSSR count). The summed E-state index contributed by atoms with van der Waals surface area (Å²) in [5, 5.41) is 8.72. The van der Waals surface area contributed by atoms with Crippen LogP contribution in [-0.4, -0.2) is 23.6 Å². The molecule has 0 saturated heterocycles. The maximum atomic E-state index is 5.34. The second-order valence-corrected chi connectivity index (χ2v) is 5.12. The topological polar surface area (TPSA) is 60.5 Å². The number of fused-ring (bicyclic) bond motifs is 1. The third kappa shape index (κ3) is 2.75. The maximum Gasteiger partial charge on any atom is 0.182 e. The summed E-state index contributed by atoms with van der Waals surface area (Å²) in [6, 6.07) is 11.4. The van der Waals surface area contributed by atoms with E-state index in [4.69, 9.17) is 9.47 Å². The van der Waals surface area contributed by atoms with Crippen LogP contribution in [-0.2, 0) is 0 Å². The molecule has 0 aliphatic heterocycles. The number of aromatic nitrogens is 2. The Bertz CT molecular complexity index is 884. The van der Waals surface area contributed by atoms with Crippen molar-refractivity contribution in [1.29, 1.82) is 0 Å². The number of azo groups is 1. The molecule has 0 aliphatic carbocycles. The molecule has 118 valence electrons. The van der Waals surface area contributed by atoms with Gasteiger partial charge in [0.2, 0.25) is 0 Å². The maximum absolute atomic E-state index is 5.34. The van der Waals surface area contributed by atoms with Crippen LogP contribution in [0.15, 0.2) is 46.6 Å². The highest BCUT2D eigenvalue weighted by Gasteiger charge is 2.10. The monoisotopic (exact) mass is 310 g/mol. The van der Waals surface area contributed by atoms with E-state index in [2.05, 4.69) is 15.2 Å². The summed E-state index contributed by atoms with van der Waals surface area (Å²) in [5.74, 6) is 2.04. The zero-order valence-corrected chi connectivity index (χ0v) is 13.6. The molecule has 0 bridgehead atoms. The zero-order chi connectivity index (χ0) is 16.4. The molecule has 6 nitrogen and oxygen atoms in total. The van der Waals surface area contributed by atoms with Crippen LogP contribution in [0.1, 0.15) is 11.4 Å². The van der Waals surface area contributed by atoms with E-state index >= 15 is 0 Å². The molecular weight excluding hydrogens is 292 g/mol. The highest BCUT2D eigenvalue weighted by Crippen LogP contribution is 2.33. The normalized spacial score (nSPS) is 11.3. The van der Waals surface area contributed by atoms with Gasteiger partial charge in [0.1, 0.15) is 22.8 Å². The van der Waals surface area contributed by atoms with Gasteiger partial charge in [-0.25, -0.2) is 4.98 Å². The molecule has 0 aliphatic rings. The van der Waals surface area contributed by atoms with E-state index in [0.29, 0.717) is 17.2 Å². The number of imidazole rings is 1. The molecule has 0 fully saturated rings. The van der Waals surface area contributed by atoms with Crippen LogP contribution in [0.3, 0.4) is 0 Å². The third-order valence-corrected chi connectivity index (χ3v) is 3.62. The third-order valence-electron chi connectivity index (χ3n) is 3.62. The van der Waals surface area contributed by atoms with Crippen molar-refractivity contribution in [2.45, 2.75) is 13.8 Å². The first-order chi connectivity index (χ1) is 11.1. The average molecular weight is 310 g/mol. The smallest absolute Gasteiger partial charge is 0.182 e. The Kier molecular flexibility index (Phi) is 3.97. The molecule has 6 heteroatoms. The highest BCUT2D eigenvalue weighted by atomic mass is 16.5. The van der Waals surface area contributed by atoms with Gasteiger partial charge in [0.25, 0.3) is 0 Å². The number of hydrogen-bond donors (Lipinski definition) is 0. The zero-order valence-electron chi connectivity index (χ0n) is 13.6. The molecule has 2 heterocycles. The van der Waals surface area contributed by atoms with Gasteiger partial charge in [-0.05, 0) is 38.1 Å². The van der Waals surface area contributed by atoms with Crippen LogP contribution in [0.25, 0.3) is 5.65 Å². The fourth-order valence-electron chi connectivity index (χ4n) is 2.44. The fourth-order valence-corrected chi connectivity index (χ4v) is 2.44. The van der Waals surface area contributed by atoms with E-state index < -0.39 is 0 Å². The van der Waals surface area contributed by atoms with Crippen LogP contribution < -0.4 is 9.47 Å². The number of rotatable bonds is 4. The predicted octanol–water partition coefficient (Wildman–Crippen LogP) is 4.38. The summed E-state index contributed by atoms with van der Waals surface area (Å²) in [7, 11) is 3.21. The molecule has 0 atom stereocenters. The van der Waals surface area contributed by atoms with Gasteiger partial charge in [-0.2, -0.15) is 0 Å². The molecule has 2 aromatic heterocycles. The quantitative estimate of drug-likeness (QED) is 0.672. The Morgan fingerprint density at radius 1 is 1.00 bits per heavy atom. The van der Waals surface area contributed by atoms with E-state index in [1.54, 1.807) is 20.3 Å². The number of methoxy groups -OCH3 is 2. The number of hydrogen-bond acceptors (Lipinski definition) is 5. The van der Waals surface area contributed by atoms with Gasteiger partial charge in [-0.3, -0.25) is 4.40 Å².